The molecule has 0 spiro atoms. The number of halogens is 1. The maximum absolute atomic E-state index is 13.7. The van der Waals surface area contributed by atoms with E-state index in [-0.39, 0.29) is 11.9 Å². The molecular formula is C17H20FNO. The summed E-state index contributed by atoms with van der Waals surface area (Å²) in [5.74, 6) is 0.695. The van der Waals surface area contributed by atoms with Crippen molar-refractivity contribution in [1.82, 2.24) is 5.32 Å². The standard InChI is InChI=1S/C17H20FNO/c1-3-20-15-8-6-7-14(11-15)12-19-13(2)16-9-4-5-10-17(16)18/h4-11,13,19H,3,12H2,1-2H3. The van der Waals surface area contributed by atoms with Crippen LogP contribution in [0.25, 0.3) is 0 Å². The fourth-order valence-electron chi connectivity index (χ4n) is 2.12. The molecular weight excluding hydrogens is 253 g/mol. The zero-order valence-corrected chi connectivity index (χ0v) is 11.9. The molecule has 3 heteroatoms. The van der Waals surface area contributed by atoms with Crippen LogP contribution in [0.1, 0.15) is 31.0 Å². The number of hydrogen-bond acceptors (Lipinski definition) is 2. The summed E-state index contributed by atoms with van der Waals surface area (Å²) in [5.41, 5.74) is 1.81. The number of rotatable bonds is 6. The Balaban J connectivity index is 1.98. The molecule has 1 atom stereocenters. The molecule has 0 saturated heterocycles. The Morgan fingerprint density at radius 3 is 2.70 bits per heavy atom. The van der Waals surface area contributed by atoms with Gasteiger partial charge in [0.05, 0.1) is 6.61 Å². The van der Waals surface area contributed by atoms with Crippen molar-refractivity contribution in [1.29, 1.82) is 0 Å². The van der Waals surface area contributed by atoms with E-state index in [0.29, 0.717) is 18.7 Å². The Morgan fingerprint density at radius 1 is 1.15 bits per heavy atom. The monoisotopic (exact) mass is 273 g/mol. The summed E-state index contributed by atoms with van der Waals surface area (Å²) >= 11 is 0. The minimum atomic E-state index is -0.171. The van der Waals surface area contributed by atoms with Gasteiger partial charge in [0.2, 0.25) is 0 Å². The summed E-state index contributed by atoms with van der Waals surface area (Å²) in [6, 6.07) is 14.8. The highest BCUT2D eigenvalue weighted by atomic mass is 19.1. The summed E-state index contributed by atoms with van der Waals surface area (Å²) in [4.78, 5) is 0. The third kappa shape index (κ3) is 3.81. The number of hydrogen-bond donors (Lipinski definition) is 1. The quantitative estimate of drug-likeness (QED) is 0.856. The largest absolute Gasteiger partial charge is 0.494 e. The fourth-order valence-corrected chi connectivity index (χ4v) is 2.12. The van der Waals surface area contributed by atoms with Crippen molar-refractivity contribution in [3.8, 4) is 5.75 Å². The van der Waals surface area contributed by atoms with Crippen molar-refractivity contribution in [2.45, 2.75) is 26.4 Å². The molecule has 2 rings (SSSR count). The van der Waals surface area contributed by atoms with Crippen molar-refractivity contribution >= 4 is 0 Å². The molecule has 0 saturated carbocycles. The summed E-state index contributed by atoms with van der Waals surface area (Å²) in [6.07, 6.45) is 0. The minimum Gasteiger partial charge on any atom is -0.494 e. The second-order valence-corrected chi connectivity index (χ2v) is 4.70. The molecule has 0 aliphatic heterocycles. The van der Waals surface area contributed by atoms with E-state index in [1.54, 1.807) is 6.07 Å². The maximum atomic E-state index is 13.7. The average molecular weight is 273 g/mol. The van der Waals surface area contributed by atoms with Gasteiger partial charge >= 0.3 is 0 Å². The number of nitrogens with one attached hydrogen (secondary N) is 1. The van der Waals surface area contributed by atoms with Crippen LogP contribution in [0.3, 0.4) is 0 Å². The Morgan fingerprint density at radius 2 is 1.95 bits per heavy atom. The van der Waals surface area contributed by atoms with Crippen LogP contribution in [0.4, 0.5) is 4.39 Å². The smallest absolute Gasteiger partial charge is 0.127 e. The molecule has 2 nitrogen and oxygen atoms in total. The molecule has 0 fully saturated rings. The highest BCUT2D eigenvalue weighted by Gasteiger charge is 2.09. The van der Waals surface area contributed by atoms with Gasteiger partial charge < -0.3 is 10.1 Å². The molecule has 106 valence electrons. The summed E-state index contributed by atoms with van der Waals surface area (Å²) < 4.78 is 19.1. The SMILES string of the molecule is CCOc1cccc(CNC(C)c2ccccc2F)c1. The lowest BCUT2D eigenvalue weighted by atomic mass is 10.1. The highest BCUT2D eigenvalue weighted by Crippen LogP contribution is 2.18. The van der Waals surface area contributed by atoms with E-state index in [9.17, 15) is 4.39 Å². The molecule has 0 aliphatic rings. The summed E-state index contributed by atoms with van der Waals surface area (Å²) in [7, 11) is 0. The van der Waals surface area contributed by atoms with Crippen LogP contribution in [0.15, 0.2) is 48.5 Å². The molecule has 20 heavy (non-hydrogen) atoms. The van der Waals surface area contributed by atoms with Crippen molar-refractivity contribution in [3.05, 3.63) is 65.5 Å². The maximum Gasteiger partial charge on any atom is 0.127 e. The summed E-state index contributed by atoms with van der Waals surface area (Å²) in [6.45, 7) is 5.26. The van der Waals surface area contributed by atoms with Crippen LogP contribution in [0.2, 0.25) is 0 Å². The normalized spacial score (nSPS) is 12.2. The molecule has 0 aliphatic carbocycles. The van der Waals surface area contributed by atoms with E-state index in [1.165, 1.54) is 6.07 Å². The number of benzene rings is 2. The van der Waals surface area contributed by atoms with Gasteiger partial charge in [0.1, 0.15) is 11.6 Å². The van der Waals surface area contributed by atoms with Crippen LogP contribution < -0.4 is 10.1 Å². The lowest BCUT2D eigenvalue weighted by Crippen LogP contribution is -2.19. The van der Waals surface area contributed by atoms with Crippen molar-refractivity contribution in [2.24, 2.45) is 0 Å². The minimum absolute atomic E-state index is 0.0352. The molecule has 0 heterocycles. The van der Waals surface area contributed by atoms with Crippen molar-refractivity contribution < 1.29 is 9.13 Å². The van der Waals surface area contributed by atoms with Crippen LogP contribution >= 0.6 is 0 Å². The Kier molecular flexibility index (Phi) is 5.13. The first kappa shape index (κ1) is 14.5. The first-order chi connectivity index (χ1) is 9.70. The van der Waals surface area contributed by atoms with Gasteiger partial charge in [-0.1, -0.05) is 30.3 Å². The van der Waals surface area contributed by atoms with Gasteiger partial charge in [-0.2, -0.15) is 0 Å². The first-order valence-corrected chi connectivity index (χ1v) is 6.90. The molecule has 1 N–H and O–H groups in total. The van der Waals surface area contributed by atoms with E-state index in [1.807, 2.05) is 50.2 Å². The van der Waals surface area contributed by atoms with Gasteiger partial charge in [-0.05, 0) is 37.6 Å². The van der Waals surface area contributed by atoms with E-state index in [2.05, 4.69) is 5.32 Å². The van der Waals surface area contributed by atoms with Crippen molar-refractivity contribution in [2.75, 3.05) is 6.61 Å². The molecule has 0 amide bonds. The molecule has 2 aromatic carbocycles. The van der Waals surface area contributed by atoms with E-state index in [4.69, 9.17) is 4.74 Å². The van der Waals surface area contributed by atoms with Gasteiger partial charge in [-0.3, -0.25) is 0 Å². The third-order valence-corrected chi connectivity index (χ3v) is 3.19. The second-order valence-electron chi connectivity index (χ2n) is 4.70. The van der Waals surface area contributed by atoms with Crippen LogP contribution in [0, 0.1) is 5.82 Å². The Hall–Kier alpha value is -1.87. The molecule has 0 bridgehead atoms. The molecule has 1 unspecified atom stereocenters. The average Bonchev–Trinajstić information content (AvgIpc) is 2.46. The van der Waals surface area contributed by atoms with Gasteiger partial charge in [0.25, 0.3) is 0 Å². The highest BCUT2D eigenvalue weighted by molar-refractivity contribution is 5.28. The lowest BCUT2D eigenvalue weighted by molar-refractivity contribution is 0.339. The Labute approximate surface area is 119 Å². The van der Waals surface area contributed by atoms with Crippen LogP contribution in [0.5, 0.6) is 5.75 Å². The summed E-state index contributed by atoms with van der Waals surface area (Å²) in [5, 5.41) is 3.33. The zero-order chi connectivity index (χ0) is 14.4. The van der Waals surface area contributed by atoms with Crippen molar-refractivity contribution in [3.63, 3.8) is 0 Å². The topological polar surface area (TPSA) is 21.3 Å². The molecule has 2 aromatic rings. The van der Waals surface area contributed by atoms with E-state index >= 15 is 0 Å². The first-order valence-electron chi connectivity index (χ1n) is 6.90. The van der Waals surface area contributed by atoms with Gasteiger partial charge in [-0.25, -0.2) is 4.39 Å². The fraction of sp³-hybridized carbons (Fsp3) is 0.294. The molecule has 0 radical (unpaired) electrons. The van der Waals surface area contributed by atoms with Gasteiger partial charge in [-0.15, -0.1) is 0 Å². The van der Waals surface area contributed by atoms with E-state index < -0.39 is 0 Å². The lowest BCUT2D eigenvalue weighted by Gasteiger charge is -2.15. The predicted octanol–water partition coefficient (Wildman–Crippen LogP) is 4.08. The molecule has 0 aromatic heterocycles. The third-order valence-electron chi connectivity index (χ3n) is 3.19. The van der Waals surface area contributed by atoms with Gasteiger partial charge in [0.15, 0.2) is 0 Å². The van der Waals surface area contributed by atoms with Crippen LogP contribution in [-0.2, 0) is 6.54 Å². The Bertz CT molecular complexity index is 556. The zero-order valence-electron chi connectivity index (χ0n) is 11.9. The van der Waals surface area contributed by atoms with Gasteiger partial charge in [0, 0.05) is 18.2 Å². The predicted molar refractivity (Wildman–Crippen MR) is 79.3 cm³/mol. The number of ether oxygens (including phenoxy) is 1. The second kappa shape index (κ2) is 7.06. The van der Waals surface area contributed by atoms with Crippen LogP contribution in [-0.4, -0.2) is 6.61 Å². The van der Waals surface area contributed by atoms with E-state index in [0.717, 1.165) is 11.3 Å².